The Morgan fingerprint density at radius 1 is 1.38 bits per heavy atom. The van der Waals surface area contributed by atoms with Crippen molar-refractivity contribution in [2.45, 2.75) is 32.4 Å². The predicted octanol–water partition coefficient (Wildman–Crippen LogP) is 3.11. The predicted molar refractivity (Wildman–Crippen MR) is 77.2 cm³/mol. The van der Waals surface area contributed by atoms with Gasteiger partial charge in [-0.3, -0.25) is 4.79 Å². The lowest BCUT2D eigenvalue weighted by Gasteiger charge is -2.21. The van der Waals surface area contributed by atoms with E-state index in [1.807, 2.05) is 19.1 Å². The highest BCUT2D eigenvalue weighted by Gasteiger charge is 2.33. The minimum Gasteiger partial charge on any atom is -0.464 e. The highest BCUT2D eigenvalue weighted by atomic mass is 19.1. The van der Waals surface area contributed by atoms with Crippen LogP contribution in [-0.2, 0) is 6.54 Å². The Kier molecular flexibility index (Phi) is 3.41. The summed E-state index contributed by atoms with van der Waals surface area (Å²) in [7, 11) is 0. The van der Waals surface area contributed by atoms with E-state index in [1.165, 1.54) is 18.2 Å². The molecule has 0 atom stereocenters. The zero-order valence-corrected chi connectivity index (χ0v) is 11.8. The van der Waals surface area contributed by atoms with Crippen molar-refractivity contribution in [3.63, 3.8) is 0 Å². The number of hydrogen-bond donors (Lipinski definition) is 1. The Morgan fingerprint density at radius 2 is 2.14 bits per heavy atom. The van der Waals surface area contributed by atoms with Gasteiger partial charge in [0.1, 0.15) is 17.3 Å². The first-order chi connectivity index (χ1) is 10.0. The molecule has 3 rings (SSSR count). The summed E-state index contributed by atoms with van der Waals surface area (Å²) in [5, 5.41) is 0. The van der Waals surface area contributed by atoms with Crippen molar-refractivity contribution in [3.8, 4) is 0 Å². The summed E-state index contributed by atoms with van der Waals surface area (Å²) in [6, 6.07) is 7.86. The fraction of sp³-hybridized carbons (Fsp3) is 0.312. The Hall–Kier alpha value is -2.30. The maximum absolute atomic E-state index is 13.4. The van der Waals surface area contributed by atoms with Gasteiger partial charge in [-0.1, -0.05) is 0 Å². The first-order valence-corrected chi connectivity index (χ1v) is 6.95. The molecule has 1 aromatic carbocycles. The van der Waals surface area contributed by atoms with Gasteiger partial charge in [-0.25, -0.2) is 4.39 Å². The van der Waals surface area contributed by atoms with Crippen molar-refractivity contribution in [1.29, 1.82) is 0 Å². The van der Waals surface area contributed by atoms with E-state index in [2.05, 4.69) is 0 Å². The van der Waals surface area contributed by atoms with Crippen LogP contribution in [0.25, 0.3) is 0 Å². The summed E-state index contributed by atoms with van der Waals surface area (Å²) in [6.07, 6.45) is 1.94. The van der Waals surface area contributed by atoms with Crippen molar-refractivity contribution in [2.75, 3.05) is 5.73 Å². The molecule has 5 heteroatoms. The molecule has 0 radical (unpaired) electrons. The molecule has 21 heavy (non-hydrogen) atoms. The molecule has 1 amide bonds. The second kappa shape index (κ2) is 5.24. The van der Waals surface area contributed by atoms with Crippen LogP contribution < -0.4 is 5.73 Å². The molecule has 0 unspecified atom stereocenters. The van der Waals surface area contributed by atoms with E-state index >= 15 is 0 Å². The van der Waals surface area contributed by atoms with E-state index in [1.54, 1.807) is 4.90 Å². The van der Waals surface area contributed by atoms with Gasteiger partial charge < -0.3 is 15.1 Å². The molecule has 0 bridgehead atoms. The quantitative estimate of drug-likeness (QED) is 0.879. The maximum Gasteiger partial charge on any atom is 0.254 e. The van der Waals surface area contributed by atoms with Crippen LogP contribution in [0, 0.1) is 12.7 Å². The number of nitrogens with zero attached hydrogens (tertiary/aromatic N) is 1. The highest BCUT2D eigenvalue weighted by Crippen LogP contribution is 2.30. The largest absolute Gasteiger partial charge is 0.464 e. The SMILES string of the molecule is Cc1ccc(CN(C(=O)c2cc(N)cc(F)c2)C2CC2)o1. The Morgan fingerprint density at radius 3 is 2.71 bits per heavy atom. The summed E-state index contributed by atoms with van der Waals surface area (Å²) in [4.78, 5) is 14.3. The molecule has 1 aliphatic rings. The lowest BCUT2D eigenvalue weighted by molar-refractivity contribution is 0.0716. The third-order valence-corrected chi connectivity index (χ3v) is 3.54. The van der Waals surface area contributed by atoms with Gasteiger partial charge in [0.25, 0.3) is 5.91 Å². The summed E-state index contributed by atoms with van der Waals surface area (Å²) in [6.45, 7) is 2.26. The van der Waals surface area contributed by atoms with E-state index in [0.29, 0.717) is 6.54 Å². The molecule has 0 aliphatic heterocycles. The van der Waals surface area contributed by atoms with Crippen molar-refractivity contribution < 1.29 is 13.6 Å². The molecule has 1 aromatic heterocycles. The number of halogens is 1. The van der Waals surface area contributed by atoms with E-state index in [4.69, 9.17) is 10.2 Å². The number of rotatable bonds is 4. The minimum atomic E-state index is -0.497. The Bertz CT molecular complexity index is 656. The van der Waals surface area contributed by atoms with Crippen molar-refractivity contribution in [2.24, 2.45) is 0 Å². The topological polar surface area (TPSA) is 59.5 Å². The number of nitrogens with two attached hydrogens (primary N) is 1. The third kappa shape index (κ3) is 3.07. The van der Waals surface area contributed by atoms with Crippen LogP contribution >= 0.6 is 0 Å². The average molecular weight is 288 g/mol. The first kappa shape index (κ1) is 13.7. The van der Waals surface area contributed by atoms with Gasteiger partial charge in [0.15, 0.2) is 0 Å². The summed E-state index contributed by atoms with van der Waals surface area (Å²) >= 11 is 0. The van der Waals surface area contributed by atoms with Crippen molar-refractivity contribution >= 4 is 11.6 Å². The molecule has 2 aromatic rings. The maximum atomic E-state index is 13.4. The molecule has 1 fully saturated rings. The monoisotopic (exact) mass is 288 g/mol. The van der Waals surface area contributed by atoms with Gasteiger partial charge >= 0.3 is 0 Å². The van der Waals surface area contributed by atoms with E-state index in [0.717, 1.165) is 24.4 Å². The number of amides is 1. The summed E-state index contributed by atoms with van der Waals surface area (Å²) in [5.41, 5.74) is 6.15. The molecule has 110 valence electrons. The molecule has 1 aliphatic carbocycles. The number of hydrogen-bond acceptors (Lipinski definition) is 3. The first-order valence-electron chi connectivity index (χ1n) is 6.95. The standard InChI is InChI=1S/C16H17FN2O2/c1-10-2-5-15(21-10)9-19(14-3-4-14)16(20)11-6-12(17)8-13(18)7-11/h2,5-8,14H,3-4,9,18H2,1H3. The zero-order chi connectivity index (χ0) is 15.0. The number of anilines is 1. The van der Waals surface area contributed by atoms with Crippen LogP contribution in [0.3, 0.4) is 0 Å². The smallest absolute Gasteiger partial charge is 0.254 e. The fourth-order valence-electron chi connectivity index (χ4n) is 2.39. The molecule has 1 saturated carbocycles. The lowest BCUT2D eigenvalue weighted by Crippen LogP contribution is -2.32. The Labute approximate surface area is 122 Å². The van der Waals surface area contributed by atoms with Gasteiger partial charge in [0.05, 0.1) is 6.54 Å². The second-order valence-corrected chi connectivity index (χ2v) is 5.45. The number of nitrogen functional groups attached to an aromatic ring is 1. The van der Waals surface area contributed by atoms with Gasteiger partial charge in [-0.2, -0.15) is 0 Å². The van der Waals surface area contributed by atoms with Crippen LogP contribution in [0.5, 0.6) is 0 Å². The van der Waals surface area contributed by atoms with E-state index in [-0.39, 0.29) is 23.2 Å². The Balaban J connectivity index is 1.84. The van der Waals surface area contributed by atoms with E-state index < -0.39 is 5.82 Å². The van der Waals surface area contributed by atoms with Crippen molar-refractivity contribution in [1.82, 2.24) is 4.90 Å². The van der Waals surface area contributed by atoms with Crippen LogP contribution in [0.1, 0.15) is 34.7 Å². The fourth-order valence-corrected chi connectivity index (χ4v) is 2.39. The van der Waals surface area contributed by atoms with Crippen LogP contribution in [0.4, 0.5) is 10.1 Å². The molecule has 2 N–H and O–H groups in total. The highest BCUT2D eigenvalue weighted by molar-refractivity contribution is 5.95. The molecule has 4 nitrogen and oxygen atoms in total. The van der Waals surface area contributed by atoms with Gasteiger partial charge in [0.2, 0.25) is 0 Å². The number of carbonyl (C=O) groups excluding carboxylic acids is 1. The van der Waals surface area contributed by atoms with Crippen LogP contribution in [0.2, 0.25) is 0 Å². The number of benzene rings is 1. The third-order valence-electron chi connectivity index (χ3n) is 3.54. The minimum absolute atomic E-state index is 0.201. The number of carbonyl (C=O) groups is 1. The molecular formula is C16H17FN2O2. The molecule has 0 spiro atoms. The zero-order valence-electron chi connectivity index (χ0n) is 11.8. The molecule has 1 heterocycles. The number of furan rings is 1. The summed E-state index contributed by atoms with van der Waals surface area (Å²) < 4.78 is 19.0. The van der Waals surface area contributed by atoms with Gasteiger partial charge in [-0.15, -0.1) is 0 Å². The van der Waals surface area contributed by atoms with Gasteiger partial charge in [-0.05, 0) is 50.1 Å². The van der Waals surface area contributed by atoms with Crippen LogP contribution in [-0.4, -0.2) is 16.8 Å². The van der Waals surface area contributed by atoms with Gasteiger partial charge in [0, 0.05) is 17.3 Å². The number of aryl methyl sites for hydroxylation is 1. The van der Waals surface area contributed by atoms with Crippen molar-refractivity contribution in [3.05, 3.63) is 53.2 Å². The summed E-state index contributed by atoms with van der Waals surface area (Å²) in [5.74, 6) is 0.834. The lowest BCUT2D eigenvalue weighted by atomic mass is 10.1. The van der Waals surface area contributed by atoms with Crippen LogP contribution in [0.15, 0.2) is 34.7 Å². The average Bonchev–Trinajstić information content (AvgIpc) is 3.17. The normalized spacial score (nSPS) is 14.2. The second-order valence-electron chi connectivity index (χ2n) is 5.45. The molecular weight excluding hydrogens is 271 g/mol. The molecule has 0 saturated heterocycles. The van der Waals surface area contributed by atoms with E-state index in [9.17, 15) is 9.18 Å².